The number of hydrogen-bond acceptors (Lipinski definition) is 5. The van der Waals surface area contributed by atoms with Gasteiger partial charge in [-0.15, -0.1) is 0 Å². The molecule has 0 unspecified atom stereocenters. The van der Waals surface area contributed by atoms with Gasteiger partial charge in [0.1, 0.15) is 0 Å². The molecule has 30 heavy (non-hydrogen) atoms. The second-order valence-electron chi connectivity index (χ2n) is 9.51. The Labute approximate surface area is 180 Å². The highest BCUT2D eigenvalue weighted by Crippen LogP contribution is 2.42. The third-order valence-corrected chi connectivity index (χ3v) is 6.75. The van der Waals surface area contributed by atoms with Crippen LogP contribution < -0.4 is 0 Å². The summed E-state index contributed by atoms with van der Waals surface area (Å²) in [5.41, 5.74) is 6.15. The third-order valence-electron chi connectivity index (χ3n) is 6.75. The van der Waals surface area contributed by atoms with Crippen molar-refractivity contribution >= 4 is 5.97 Å². The predicted molar refractivity (Wildman–Crippen MR) is 116 cm³/mol. The lowest BCUT2D eigenvalue weighted by molar-refractivity contribution is -0.155. The van der Waals surface area contributed by atoms with Crippen LogP contribution in [0.2, 0.25) is 0 Å². The maximum Gasteiger partial charge on any atom is 0.333 e. The van der Waals surface area contributed by atoms with Crippen molar-refractivity contribution in [2.75, 3.05) is 0 Å². The van der Waals surface area contributed by atoms with Crippen molar-refractivity contribution in [3.05, 3.63) is 46.1 Å². The Hall–Kier alpha value is -1.69. The number of rotatable bonds is 7. The van der Waals surface area contributed by atoms with E-state index in [-0.39, 0.29) is 0 Å². The van der Waals surface area contributed by atoms with Crippen LogP contribution in [0.1, 0.15) is 79.1 Å². The second-order valence-corrected chi connectivity index (χ2v) is 9.51. The van der Waals surface area contributed by atoms with Gasteiger partial charge in [-0.3, -0.25) is 0 Å². The lowest BCUT2D eigenvalue weighted by Crippen LogP contribution is -2.32. The second kappa shape index (κ2) is 9.63. The highest BCUT2D eigenvalue weighted by molar-refractivity contribution is 5.85. The largest absolute Gasteiger partial charge is 0.429 e. The first-order chi connectivity index (χ1) is 14.2. The minimum Gasteiger partial charge on any atom is -0.429 e. The summed E-state index contributed by atoms with van der Waals surface area (Å²) in [6, 6.07) is 0. The minimum atomic E-state index is -1.27. The van der Waals surface area contributed by atoms with Crippen molar-refractivity contribution in [2.45, 2.75) is 97.7 Å². The molecule has 3 rings (SSSR count). The van der Waals surface area contributed by atoms with Gasteiger partial charge in [0.2, 0.25) is 6.29 Å². The van der Waals surface area contributed by atoms with Gasteiger partial charge < -0.3 is 19.7 Å². The normalized spacial score (nSPS) is 29.6. The van der Waals surface area contributed by atoms with Crippen LogP contribution in [0.15, 0.2) is 46.1 Å². The van der Waals surface area contributed by atoms with Crippen LogP contribution in [0.4, 0.5) is 0 Å². The lowest BCUT2D eigenvalue weighted by Gasteiger charge is -2.35. The molecule has 0 saturated heterocycles. The van der Waals surface area contributed by atoms with Crippen LogP contribution in [-0.4, -0.2) is 34.9 Å². The zero-order valence-corrected chi connectivity index (χ0v) is 18.7. The van der Waals surface area contributed by atoms with Crippen molar-refractivity contribution < 1.29 is 24.5 Å². The van der Waals surface area contributed by atoms with E-state index >= 15 is 0 Å². The molecule has 2 heterocycles. The molecular formula is C25H36O5. The van der Waals surface area contributed by atoms with Gasteiger partial charge in [-0.25, -0.2) is 4.79 Å². The number of carbonyl (C=O) groups is 1. The van der Waals surface area contributed by atoms with Crippen LogP contribution in [0.25, 0.3) is 0 Å². The summed E-state index contributed by atoms with van der Waals surface area (Å²) in [5, 5.41) is 20.1. The van der Waals surface area contributed by atoms with E-state index in [1.54, 1.807) is 11.1 Å². The van der Waals surface area contributed by atoms with Crippen LogP contribution in [0.3, 0.4) is 0 Å². The number of ether oxygens (including phenoxy) is 2. The number of cyclic esters (lactones) is 1. The van der Waals surface area contributed by atoms with E-state index in [2.05, 4.69) is 33.8 Å². The molecule has 3 aliphatic rings. The van der Waals surface area contributed by atoms with Crippen LogP contribution in [0.5, 0.6) is 0 Å². The number of esters is 1. The fourth-order valence-electron chi connectivity index (χ4n) is 4.91. The van der Waals surface area contributed by atoms with Crippen LogP contribution in [0, 0.1) is 5.41 Å². The molecule has 2 N–H and O–H groups in total. The van der Waals surface area contributed by atoms with Crippen molar-refractivity contribution in [3.63, 3.8) is 0 Å². The molecule has 0 bridgehead atoms. The van der Waals surface area contributed by atoms with E-state index in [1.165, 1.54) is 30.9 Å². The zero-order chi connectivity index (χ0) is 21.9. The summed E-state index contributed by atoms with van der Waals surface area (Å²) >= 11 is 0. The molecule has 0 aromatic rings. The average molecular weight is 417 g/mol. The molecule has 0 fully saturated rings. The van der Waals surface area contributed by atoms with E-state index in [4.69, 9.17) is 9.47 Å². The van der Waals surface area contributed by atoms with E-state index in [9.17, 15) is 15.0 Å². The summed E-state index contributed by atoms with van der Waals surface area (Å²) in [7, 11) is 0. The van der Waals surface area contributed by atoms with Gasteiger partial charge in [-0.2, -0.15) is 0 Å². The topological polar surface area (TPSA) is 76.0 Å². The quantitative estimate of drug-likeness (QED) is 0.458. The Kier molecular flexibility index (Phi) is 7.38. The Bertz CT molecular complexity index is 783. The molecule has 0 amide bonds. The molecule has 5 nitrogen and oxygen atoms in total. The molecule has 2 aliphatic heterocycles. The number of allylic oxidation sites excluding steroid dienone is 4. The average Bonchev–Trinajstić information content (AvgIpc) is 3.00. The van der Waals surface area contributed by atoms with E-state index in [0.717, 1.165) is 31.3 Å². The Balaban J connectivity index is 1.49. The van der Waals surface area contributed by atoms with Crippen molar-refractivity contribution in [1.82, 2.24) is 0 Å². The minimum absolute atomic E-state index is 0.325. The fourth-order valence-corrected chi connectivity index (χ4v) is 4.91. The summed E-state index contributed by atoms with van der Waals surface area (Å²) < 4.78 is 10.3. The van der Waals surface area contributed by atoms with Gasteiger partial charge in [-0.05, 0) is 76.2 Å². The van der Waals surface area contributed by atoms with Gasteiger partial charge in [0.15, 0.2) is 6.29 Å². The van der Waals surface area contributed by atoms with Crippen molar-refractivity contribution in [3.8, 4) is 0 Å². The van der Waals surface area contributed by atoms with E-state index in [0.29, 0.717) is 17.4 Å². The first kappa shape index (κ1) is 23.0. The van der Waals surface area contributed by atoms with E-state index in [1.807, 2.05) is 6.08 Å². The first-order valence-corrected chi connectivity index (χ1v) is 11.1. The number of aliphatic hydroxyl groups is 2. The maximum atomic E-state index is 11.3. The highest BCUT2D eigenvalue weighted by Gasteiger charge is 2.34. The van der Waals surface area contributed by atoms with Crippen LogP contribution >= 0.6 is 0 Å². The maximum absolute atomic E-state index is 11.3. The molecule has 1 aliphatic carbocycles. The summed E-state index contributed by atoms with van der Waals surface area (Å²) in [6.07, 6.45) is 10.8. The Morgan fingerprint density at radius 2 is 2.03 bits per heavy atom. The monoisotopic (exact) mass is 416 g/mol. The zero-order valence-electron chi connectivity index (χ0n) is 18.7. The van der Waals surface area contributed by atoms with Gasteiger partial charge in [-0.1, -0.05) is 42.7 Å². The van der Waals surface area contributed by atoms with Crippen molar-refractivity contribution in [2.24, 2.45) is 5.41 Å². The summed E-state index contributed by atoms with van der Waals surface area (Å²) in [5.74, 6) is -0.575. The Morgan fingerprint density at radius 1 is 1.27 bits per heavy atom. The van der Waals surface area contributed by atoms with Crippen molar-refractivity contribution in [1.29, 1.82) is 0 Å². The molecule has 0 aromatic heterocycles. The Morgan fingerprint density at radius 3 is 2.67 bits per heavy atom. The molecule has 0 spiro atoms. The smallest absolute Gasteiger partial charge is 0.333 e. The van der Waals surface area contributed by atoms with E-state index < -0.39 is 24.7 Å². The predicted octanol–water partition coefficient (Wildman–Crippen LogP) is 4.86. The number of aliphatic hydroxyl groups excluding tert-OH is 2. The van der Waals surface area contributed by atoms with Gasteiger partial charge >= 0.3 is 5.97 Å². The molecule has 3 atom stereocenters. The van der Waals surface area contributed by atoms with Gasteiger partial charge in [0.25, 0.3) is 0 Å². The number of carbonyl (C=O) groups excluding carboxylic acids is 1. The molecular weight excluding hydrogens is 380 g/mol. The number of hydrogen-bond donors (Lipinski definition) is 2. The van der Waals surface area contributed by atoms with Gasteiger partial charge in [0.05, 0.1) is 6.10 Å². The molecule has 0 radical (unpaired) electrons. The van der Waals surface area contributed by atoms with Gasteiger partial charge in [0, 0.05) is 11.6 Å². The van der Waals surface area contributed by atoms with Crippen LogP contribution in [-0.2, 0) is 14.3 Å². The molecule has 0 saturated carbocycles. The summed E-state index contributed by atoms with van der Waals surface area (Å²) in [4.78, 5) is 11.3. The SMILES string of the molecule is CC1=C(CC/C(C)=C/CCC2=CC[C@H](C3=CC(=O)O[C@@H]3O)O[C@H]2O)C(C)(C)CCC1. The standard InChI is InChI=1S/C25H36O5/c1-16(10-12-20-17(2)8-6-14-25(20,3)4)7-5-9-18-11-13-21(29-23(18)27)19-15-22(26)30-24(19)28/h7,11,15,21,23-24,27-28H,5-6,8-10,12-14H2,1-4H3/b16-7+/t21-,23-,24+/m1/s1. The summed E-state index contributed by atoms with van der Waals surface area (Å²) in [6.45, 7) is 9.23. The molecule has 5 heteroatoms. The lowest BCUT2D eigenvalue weighted by atomic mass is 9.71. The first-order valence-electron chi connectivity index (χ1n) is 11.1. The fraction of sp³-hybridized carbons (Fsp3) is 0.640. The highest BCUT2D eigenvalue weighted by atomic mass is 16.6. The molecule has 0 aromatic carbocycles. The molecule has 166 valence electrons. The third kappa shape index (κ3) is 5.51.